The highest BCUT2D eigenvalue weighted by Crippen LogP contribution is 2.09. The molecule has 1 atom stereocenters. The maximum Gasteiger partial charge on any atom is 0.256 e. The third-order valence-corrected chi connectivity index (χ3v) is 3.26. The SMILES string of the molecule is CCCCC(CC)NC(=O)c1cnn2cccnc12. The minimum Gasteiger partial charge on any atom is -0.349 e. The Morgan fingerprint density at radius 2 is 2.32 bits per heavy atom. The number of amides is 1. The van der Waals surface area contributed by atoms with Crippen LogP contribution in [0.4, 0.5) is 0 Å². The topological polar surface area (TPSA) is 59.3 Å². The lowest BCUT2D eigenvalue weighted by Crippen LogP contribution is -2.34. The molecule has 0 saturated carbocycles. The molecule has 1 N–H and O–H groups in total. The molecule has 0 aliphatic carbocycles. The first-order valence-corrected chi connectivity index (χ1v) is 6.85. The monoisotopic (exact) mass is 260 g/mol. The highest BCUT2D eigenvalue weighted by molar-refractivity contribution is 5.99. The molecule has 102 valence electrons. The molecule has 0 aliphatic heterocycles. The molecular formula is C14H20N4O. The number of aromatic nitrogens is 3. The van der Waals surface area contributed by atoms with E-state index in [2.05, 4.69) is 29.2 Å². The number of hydrogen-bond donors (Lipinski definition) is 1. The van der Waals surface area contributed by atoms with Crippen LogP contribution < -0.4 is 5.32 Å². The van der Waals surface area contributed by atoms with Crippen LogP contribution in [0.2, 0.25) is 0 Å². The number of rotatable bonds is 6. The molecule has 2 aromatic rings. The number of nitrogens with zero attached hydrogens (tertiary/aromatic N) is 3. The van der Waals surface area contributed by atoms with Gasteiger partial charge in [0.2, 0.25) is 0 Å². The van der Waals surface area contributed by atoms with Gasteiger partial charge in [-0.1, -0.05) is 26.7 Å². The van der Waals surface area contributed by atoms with Crippen molar-refractivity contribution in [3.05, 3.63) is 30.2 Å². The minimum atomic E-state index is -0.0864. The Labute approximate surface area is 113 Å². The summed E-state index contributed by atoms with van der Waals surface area (Å²) < 4.78 is 1.61. The maximum absolute atomic E-state index is 12.2. The van der Waals surface area contributed by atoms with E-state index >= 15 is 0 Å². The molecule has 0 spiro atoms. The molecule has 0 aliphatic rings. The first-order chi connectivity index (χ1) is 9.26. The van der Waals surface area contributed by atoms with Gasteiger partial charge >= 0.3 is 0 Å². The lowest BCUT2D eigenvalue weighted by molar-refractivity contribution is 0.0935. The maximum atomic E-state index is 12.2. The average Bonchev–Trinajstić information content (AvgIpc) is 2.87. The number of carbonyl (C=O) groups excluding carboxylic acids is 1. The molecule has 0 fully saturated rings. The highest BCUT2D eigenvalue weighted by Gasteiger charge is 2.16. The summed E-state index contributed by atoms with van der Waals surface area (Å²) in [7, 11) is 0. The van der Waals surface area contributed by atoms with Gasteiger partial charge in [-0.05, 0) is 18.9 Å². The van der Waals surface area contributed by atoms with E-state index < -0.39 is 0 Å². The zero-order valence-electron chi connectivity index (χ0n) is 11.5. The van der Waals surface area contributed by atoms with Gasteiger partial charge in [-0.2, -0.15) is 5.10 Å². The van der Waals surface area contributed by atoms with Gasteiger partial charge in [0.25, 0.3) is 5.91 Å². The van der Waals surface area contributed by atoms with Gasteiger partial charge in [0, 0.05) is 18.4 Å². The van der Waals surface area contributed by atoms with E-state index in [1.54, 1.807) is 29.2 Å². The first kappa shape index (κ1) is 13.5. The Bertz CT molecular complexity index is 549. The normalized spacial score (nSPS) is 12.5. The van der Waals surface area contributed by atoms with E-state index in [-0.39, 0.29) is 11.9 Å². The Balaban J connectivity index is 2.10. The van der Waals surface area contributed by atoms with Crippen LogP contribution in [0.25, 0.3) is 5.65 Å². The summed E-state index contributed by atoms with van der Waals surface area (Å²) in [5, 5.41) is 7.19. The van der Waals surface area contributed by atoms with Crippen LogP contribution in [0.1, 0.15) is 49.9 Å². The van der Waals surface area contributed by atoms with Crippen LogP contribution in [-0.2, 0) is 0 Å². The Hall–Kier alpha value is -1.91. The van der Waals surface area contributed by atoms with E-state index in [1.807, 2.05) is 0 Å². The van der Waals surface area contributed by atoms with Crippen molar-refractivity contribution in [1.82, 2.24) is 19.9 Å². The smallest absolute Gasteiger partial charge is 0.256 e. The predicted molar refractivity (Wildman–Crippen MR) is 74.1 cm³/mol. The number of carbonyl (C=O) groups is 1. The first-order valence-electron chi connectivity index (χ1n) is 6.85. The van der Waals surface area contributed by atoms with E-state index in [0.717, 1.165) is 25.7 Å². The predicted octanol–water partition coefficient (Wildman–Crippen LogP) is 2.43. The molecule has 19 heavy (non-hydrogen) atoms. The molecule has 5 heteroatoms. The van der Waals surface area contributed by atoms with Gasteiger partial charge in [0.15, 0.2) is 5.65 Å². The quantitative estimate of drug-likeness (QED) is 0.867. The lowest BCUT2D eigenvalue weighted by atomic mass is 10.1. The van der Waals surface area contributed by atoms with Gasteiger partial charge in [-0.15, -0.1) is 0 Å². The third kappa shape index (κ3) is 3.10. The van der Waals surface area contributed by atoms with Crippen LogP contribution in [0.5, 0.6) is 0 Å². The van der Waals surface area contributed by atoms with Gasteiger partial charge in [0.1, 0.15) is 5.56 Å². The Morgan fingerprint density at radius 1 is 1.47 bits per heavy atom. The second-order valence-corrected chi connectivity index (χ2v) is 4.67. The van der Waals surface area contributed by atoms with Crippen molar-refractivity contribution in [3.8, 4) is 0 Å². The largest absolute Gasteiger partial charge is 0.349 e. The number of unbranched alkanes of at least 4 members (excludes halogenated alkanes) is 1. The minimum absolute atomic E-state index is 0.0864. The number of nitrogens with one attached hydrogen (secondary N) is 1. The van der Waals surface area contributed by atoms with Gasteiger partial charge in [-0.3, -0.25) is 4.79 Å². The van der Waals surface area contributed by atoms with Crippen LogP contribution >= 0.6 is 0 Å². The molecular weight excluding hydrogens is 240 g/mol. The van der Waals surface area contributed by atoms with Crippen LogP contribution in [0, 0.1) is 0 Å². The molecule has 1 unspecified atom stereocenters. The summed E-state index contributed by atoms with van der Waals surface area (Å²) in [4.78, 5) is 16.4. The molecule has 2 aromatic heterocycles. The summed E-state index contributed by atoms with van der Waals surface area (Å²) in [6.45, 7) is 4.25. The molecule has 0 radical (unpaired) electrons. The zero-order valence-corrected chi connectivity index (χ0v) is 11.5. The average molecular weight is 260 g/mol. The molecule has 2 rings (SSSR count). The summed E-state index contributed by atoms with van der Waals surface area (Å²) in [5.74, 6) is -0.0864. The van der Waals surface area contributed by atoms with Crippen molar-refractivity contribution < 1.29 is 4.79 Å². The van der Waals surface area contributed by atoms with Crippen LogP contribution in [-0.4, -0.2) is 26.5 Å². The highest BCUT2D eigenvalue weighted by atomic mass is 16.1. The summed E-state index contributed by atoms with van der Waals surface area (Å²) in [5.41, 5.74) is 1.14. The van der Waals surface area contributed by atoms with E-state index in [4.69, 9.17) is 0 Å². The van der Waals surface area contributed by atoms with Crippen molar-refractivity contribution in [1.29, 1.82) is 0 Å². The van der Waals surface area contributed by atoms with Crippen molar-refractivity contribution in [2.45, 2.75) is 45.6 Å². The lowest BCUT2D eigenvalue weighted by Gasteiger charge is -2.15. The third-order valence-electron chi connectivity index (χ3n) is 3.26. The molecule has 0 bridgehead atoms. The number of hydrogen-bond acceptors (Lipinski definition) is 3. The molecule has 0 aromatic carbocycles. The van der Waals surface area contributed by atoms with E-state index in [0.29, 0.717) is 11.2 Å². The Morgan fingerprint density at radius 3 is 3.05 bits per heavy atom. The fraction of sp³-hybridized carbons (Fsp3) is 0.500. The van der Waals surface area contributed by atoms with Crippen LogP contribution in [0.15, 0.2) is 24.7 Å². The molecule has 5 nitrogen and oxygen atoms in total. The summed E-state index contributed by atoms with van der Waals surface area (Å²) in [6, 6.07) is 2.02. The van der Waals surface area contributed by atoms with Crippen molar-refractivity contribution >= 4 is 11.6 Å². The van der Waals surface area contributed by atoms with Crippen molar-refractivity contribution in [3.63, 3.8) is 0 Å². The standard InChI is InChI=1S/C14H20N4O/c1-3-5-7-11(4-2)17-14(19)12-10-16-18-9-6-8-15-13(12)18/h6,8-11H,3-5,7H2,1-2H3,(H,17,19). The van der Waals surface area contributed by atoms with Crippen LogP contribution in [0.3, 0.4) is 0 Å². The van der Waals surface area contributed by atoms with E-state index in [1.165, 1.54) is 0 Å². The molecule has 1 amide bonds. The fourth-order valence-electron chi connectivity index (χ4n) is 2.08. The van der Waals surface area contributed by atoms with Crippen molar-refractivity contribution in [2.75, 3.05) is 0 Å². The molecule has 2 heterocycles. The van der Waals surface area contributed by atoms with Crippen molar-refractivity contribution in [2.24, 2.45) is 0 Å². The second kappa shape index (κ2) is 6.31. The second-order valence-electron chi connectivity index (χ2n) is 4.67. The fourth-order valence-corrected chi connectivity index (χ4v) is 2.08. The summed E-state index contributed by atoms with van der Waals surface area (Å²) >= 11 is 0. The van der Waals surface area contributed by atoms with Gasteiger partial charge < -0.3 is 5.32 Å². The van der Waals surface area contributed by atoms with E-state index in [9.17, 15) is 4.79 Å². The van der Waals surface area contributed by atoms with Gasteiger partial charge in [-0.25, -0.2) is 9.50 Å². The van der Waals surface area contributed by atoms with Gasteiger partial charge in [0.05, 0.1) is 6.20 Å². The molecule has 0 saturated heterocycles. The zero-order chi connectivity index (χ0) is 13.7. The summed E-state index contributed by atoms with van der Waals surface area (Å²) in [6.07, 6.45) is 9.26. The Kier molecular flexibility index (Phi) is 4.49. The number of fused-ring (bicyclic) bond motifs is 1.